The molecular formula is C31H27F4N7O4S. The van der Waals surface area contributed by atoms with E-state index >= 15 is 4.39 Å². The van der Waals surface area contributed by atoms with Gasteiger partial charge in [-0.05, 0) is 66.1 Å². The number of anilines is 3. The van der Waals surface area contributed by atoms with Gasteiger partial charge >= 0.3 is 12.4 Å². The normalized spacial score (nSPS) is 14.2. The fraction of sp³-hybridized carbons (Fsp3) is 0.226. The number of amidine groups is 1. The number of carbonyl (C=O) groups is 3. The van der Waals surface area contributed by atoms with Gasteiger partial charge in [-0.1, -0.05) is 31.7 Å². The molecule has 0 spiro atoms. The van der Waals surface area contributed by atoms with Gasteiger partial charge in [-0.25, -0.2) is 18.9 Å². The van der Waals surface area contributed by atoms with E-state index in [0.29, 0.717) is 17.1 Å². The van der Waals surface area contributed by atoms with Gasteiger partial charge in [-0.2, -0.15) is 4.99 Å². The molecule has 4 amide bonds. The predicted molar refractivity (Wildman–Crippen MR) is 169 cm³/mol. The molecule has 1 N–H and O–H groups in total. The average molecular weight is 670 g/mol. The molecule has 0 aliphatic carbocycles. The summed E-state index contributed by atoms with van der Waals surface area (Å²) in [7, 11) is 1.61. The Bertz CT molecular complexity index is 1880. The van der Waals surface area contributed by atoms with Crippen LogP contribution in [0.5, 0.6) is 5.75 Å². The van der Waals surface area contributed by atoms with E-state index in [9.17, 15) is 27.6 Å². The molecule has 11 nitrogen and oxygen atoms in total. The molecule has 0 radical (unpaired) electrons. The van der Waals surface area contributed by atoms with Crippen molar-refractivity contribution in [2.45, 2.75) is 33.1 Å². The Kier molecular flexibility index (Phi) is 9.33. The lowest BCUT2D eigenvalue weighted by atomic mass is 9.99. The third kappa shape index (κ3) is 7.60. The molecular weight excluding hydrogens is 642 g/mol. The second kappa shape index (κ2) is 13.2. The van der Waals surface area contributed by atoms with Gasteiger partial charge in [0.2, 0.25) is 11.8 Å². The summed E-state index contributed by atoms with van der Waals surface area (Å²) >= 11 is 1.06. The SMILES string of the molecule is CC(=O)N(C)c1ccc(C(C)C)c(N2C(=O)CS/C2=N\C(=O)Nc2ccc(-c3ncn(-c4ccc(OC(F)(F)F)cc4)n3)cc2F)c1. The van der Waals surface area contributed by atoms with Crippen molar-refractivity contribution in [3.8, 4) is 22.8 Å². The zero-order valence-corrected chi connectivity index (χ0v) is 26.2. The van der Waals surface area contributed by atoms with Crippen LogP contribution in [0.4, 0.5) is 39.4 Å². The summed E-state index contributed by atoms with van der Waals surface area (Å²) in [5.41, 5.74) is 2.32. The molecule has 0 bridgehead atoms. The van der Waals surface area contributed by atoms with E-state index in [-0.39, 0.29) is 45.7 Å². The van der Waals surface area contributed by atoms with E-state index in [4.69, 9.17) is 0 Å². The summed E-state index contributed by atoms with van der Waals surface area (Å²) in [5.74, 6) is -1.56. The number of hydrogen-bond acceptors (Lipinski definition) is 7. The average Bonchev–Trinajstić information content (AvgIpc) is 3.64. The highest BCUT2D eigenvalue weighted by atomic mass is 32.2. The number of benzene rings is 3. The van der Waals surface area contributed by atoms with E-state index in [0.717, 1.165) is 35.5 Å². The minimum atomic E-state index is -4.82. The summed E-state index contributed by atoms with van der Waals surface area (Å²) in [6, 6.07) is 13.2. The second-order valence-electron chi connectivity index (χ2n) is 10.6. The largest absolute Gasteiger partial charge is 0.573 e. The molecule has 2 heterocycles. The number of rotatable bonds is 7. The van der Waals surface area contributed by atoms with Crippen molar-refractivity contribution in [1.29, 1.82) is 0 Å². The minimum absolute atomic E-state index is 0.00192. The van der Waals surface area contributed by atoms with Crippen LogP contribution in [0.1, 0.15) is 32.3 Å². The molecule has 1 fully saturated rings. The van der Waals surface area contributed by atoms with Gasteiger partial charge in [0, 0.05) is 25.2 Å². The van der Waals surface area contributed by atoms with Gasteiger partial charge < -0.3 is 15.0 Å². The Balaban J connectivity index is 1.33. The smallest absolute Gasteiger partial charge is 0.406 e. The lowest BCUT2D eigenvalue weighted by molar-refractivity contribution is -0.274. The third-order valence-electron chi connectivity index (χ3n) is 6.99. The second-order valence-corrected chi connectivity index (χ2v) is 11.5. The zero-order chi connectivity index (χ0) is 34.0. The van der Waals surface area contributed by atoms with Crippen molar-refractivity contribution in [2.75, 3.05) is 27.9 Å². The Morgan fingerprint density at radius 1 is 1.09 bits per heavy atom. The van der Waals surface area contributed by atoms with Crippen molar-refractivity contribution < 1.29 is 36.7 Å². The number of aromatic nitrogens is 3. The highest BCUT2D eigenvalue weighted by molar-refractivity contribution is 8.15. The molecule has 4 aromatic rings. The highest BCUT2D eigenvalue weighted by Gasteiger charge is 2.33. The maximum Gasteiger partial charge on any atom is 0.573 e. The molecule has 0 unspecified atom stereocenters. The molecule has 1 aromatic heterocycles. The van der Waals surface area contributed by atoms with E-state index in [1.54, 1.807) is 19.2 Å². The van der Waals surface area contributed by atoms with E-state index in [2.05, 4.69) is 25.1 Å². The molecule has 0 atom stereocenters. The first-order valence-electron chi connectivity index (χ1n) is 14.0. The highest BCUT2D eigenvalue weighted by Crippen LogP contribution is 2.36. The number of aliphatic imine (C=N–C) groups is 1. The predicted octanol–water partition coefficient (Wildman–Crippen LogP) is 6.75. The standard InChI is InChI=1S/C31H27F4N7O4S/c1-17(2)23-11-8-21(40(4)18(3)43)14-26(23)42-27(44)15-47-30(42)38-29(45)37-25-12-5-19(13-24(25)32)28-36-16-41(39-28)20-6-9-22(10-7-20)46-31(33,34)35/h5-14,16-17H,15H2,1-4H3,(H,37,45)/b38-30-. The molecule has 1 aliphatic rings. The quantitative estimate of drug-likeness (QED) is 0.216. The molecule has 16 heteroatoms. The number of ether oxygens (including phenoxy) is 1. The van der Waals surface area contributed by atoms with Gasteiger partial charge in [0.25, 0.3) is 0 Å². The van der Waals surface area contributed by atoms with Gasteiger partial charge in [-0.3, -0.25) is 14.5 Å². The first-order chi connectivity index (χ1) is 22.2. The number of carbonyl (C=O) groups excluding carboxylic acids is 3. The van der Waals surface area contributed by atoms with E-state index < -0.39 is 24.0 Å². The van der Waals surface area contributed by atoms with Crippen LogP contribution in [0.15, 0.2) is 72.0 Å². The van der Waals surface area contributed by atoms with Crippen molar-refractivity contribution in [2.24, 2.45) is 4.99 Å². The van der Waals surface area contributed by atoms with Crippen molar-refractivity contribution in [3.05, 3.63) is 78.4 Å². The molecule has 47 heavy (non-hydrogen) atoms. The zero-order valence-electron chi connectivity index (χ0n) is 25.4. The Labute approximate surface area is 270 Å². The Morgan fingerprint density at radius 3 is 2.45 bits per heavy atom. The molecule has 0 saturated carbocycles. The summed E-state index contributed by atoms with van der Waals surface area (Å²) in [4.78, 5) is 48.9. The number of nitrogens with one attached hydrogen (secondary N) is 1. The molecule has 5 rings (SSSR count). The number of thioether (sulfide) groups is 1. The number of nitrogens with zero attached hydrogens (tertiary/aromatic N) is 6. The first-order valence-corrected chi connectivity index (χ1v) is 15.0. The topological polar surface area (TPSA) is 122 Å². The van der Waals surface area contributed by atoms with Crippen LogP contribution in [0.25, 0.3) is 17.1 Å². The van der Waals surface area contributed by atoms with Crippen LogP contribution in [-0.2, 0) is 9.59 Å². The van der Waals surface area contributed by atoms with Gasteiger partial charge in [-0.15, -0.1) is 18.3 Å². The van der Waals surface area contributed by atoms with Crippen molar-refractivity contribution in [1.82, 2.24) is 14.8 Å². The van der Waals surface area contributed by atoms with Crippen LogP contribution >= 0.6 is 11.8 Å². The van der Waals surface area contributed by atoms with Crippen LogP contribution in [0.2, 0.25) is 0 Å². The van der Waals surface area contributed by atoms with Crippen LogP contribution < -0.4 is 19.9 Å². The van der Waals surface area contributed by atoms with E-state index in [1.165, 1.54) is 52.0 Å². The number of urea groups is 1. The van der Waals surface area contributed by atoms with Gasteiger partial charge in [0.1, 0.15) is 17.9 Å². The lowest BCUT2D eigenvalue weighted by Crippen LogP contribution is -2.32. The fourth-order valence-corrected chi connectivity index (χ4v) is 5.45. The number of alkyl halides is 3. The fourth-order valence-electron chi connectivity index (χ4n) is 4.59. The summed E-state index contributed by atoms with van der Waals surface area (Å²) in [6.07, 6.45) is -3.51. The number of amides is 4. The van der Waals surface area contributed by atoms with E-state index in [1.807, 2.05) is 19.9 Å². The van der Waals surface area contributed by atoms with Crippen molar-refractivity contribution >= 4 is 51.8 Å². The Morgan fingerprint density at radius 2 is 1.81 bits per heavy atom. The van der Waals surface area contributed by atoms with Crippen LogP contribution in [-0.4, -0.2) is 56.9 Å². The summed E-state index contributed by atoms with van der Waals surface area (Å²) in [5, 5.41) is 6.74. The van der Waals surface area contributed by atoms with Crippen molar-refractivity contribution in [3.63, 3.8) is 0 Å². The summed E-state index contributed by atoms with van der Waals surface area (Å²) in [6.45, 7) is 5.32. The number of halogens is 4. The van der Waals surface area contributed by atoms with Gasteiger partial charge in [0.15, 0.2) is 11.0 Å². The maximum atomic E-state index is 15.1. The van der Waals surface area contributed by atoms with Crippen LogP contribution in [0, 0.1) is 5.82 Å². The Hall–Kier alpha value is -5.25. The summed E-state index contributed by atoms with van der Waals surface area (Å²) < 4.78 is 57.6. The molecule has 1 aliphatic heterocycles. The molecule has 244 valence electrons. The monoisotopic (exact) mass is 669 g/mol. The van der Waals surface area contributed by atoms with Crippen LogP contribution in [0.3, 0.4) is 0 Å². The first kappa shape index (κ1) is 33.1. The third-order valence-corrected chi connectivity index (χ3v) is 7.92. The minimum Gasteiger partial charge on any atom is -0.406 e. The molecule has 3 aromatic carbocycles. The molecule has 1 saturated heterocycles. The lowest BCUT2D eigenvalue weighted by Gasteiger charge is -2.24. The number of hydrogen-bond donors (Lipinski definition) is 1. The van der Waals surface area contributed by atoms with Gasteiger partial charge in [0.05, 0.1) is 22.8 Å². The maximum absolute atomic E-state index is 15.1.